The highest BCUT2D eigenvalue weighted by Gasteiger charge is 2.15. The third kappa shape index (κ3) is 3.96. The van der Waals surface area contributed by atoms with E-state index in [9.17, 15) is 4.79 Å². The number of carbonyl (C=O) groups excluding carboxylic acids is 1. The second-order valence-corrected chi connectivity index (χ2v) is 6.72. The fourth-order valence-corrected chi connectivity index (χ4v) is 3.35. The van der Waals surface area contributed by atoms with E-state index in [4.69, 9.17) is 4.74 Å². The van der Waals surface area contributed by atoms with Crippen LogP contribution in [0, 0.1) is 0 Å². The minimum Gasteiger partial charge on any atom is -0.497 e. The molecule has 0 spiro atoms. The zero-order chi connectivity index (χ0) is 19.3. The Labute approximate surface area is 164 Å². The number of hydrogen-bond donors (Lipinski definition) is 1. The zero-order valence-electron chi connectivity index (χ0n) is 15.8. The first-order valence-corrected chi connectivity index (χ1v) is 9.36. The van der Waals surface area contributed by atoms with Gasteiger partial charge in [0.05, 0.1) is 12.8 Å². The minimum atomic E-state index is -0.177. The lowest BCUT2D eigenvalue weighted by Gasteiger charge is -2.16. The number of anilines is 2. The summed E-state index contributed by atoms with van der Waals surface area (Å²) in [6, 6.07) is 16.8. The lowest BCUT2D eigenvalue weighted by Crippen LogP contribution is -2.19. The van der Waals surface area contributed by atoms with Gasteiger partial charge in [0.2, 0.25) is 0 Å². The minimum absolute atomic E-state index is 0.177. The molecule has 0 radical (unpaired) electrons. The van der Waals surface area contributed by atoms with Crippen molar-refractivity contribution >= 4 is 17.4 Å². The number of carbonyl (C=O) groups is 1. The standard InChI is InChI=1S/C22H22N4O2/c1-28-19-9-5-8-18(13-19)25-22(27)17-7-4-6-16(12-17)20-14-21(24-15-23-20)26-10-2-3-11-26/h4-9,12-15H,2-3,10-11H2,1H3,(H,25,27). The van der Waals surface area contributed by atoms with Gasteiger partial charge in [0.25, 0.3) is 5.91 Å². The Morgan fingerprint density at radius 1 is 1.04 bits per heavy atom. The predicted octanol–water partition coefficient (Wildman–Crippen LogP) is 4.00. The van der Waals surface area contributed by atoms with E-state index < -0.39 is 0 Å². The van der Waals surface area contributed by atoms with Crippen molar-refractivity contribution in [3.63, 3.8) is 0 Å². The fraction of sp³-hybridized carbons (Fsp3) is 0.227. The molecule has 2 heterocycles. The second-order valence-electron chi connectivity index (χ2n) is 6.72. The molecule has 28 heavy (non-hydrogen) atoms. The number of ether oxygens (including phenoxy) is 1. The summed E-state index contributed by atoms with van der Waals surface area (Å²) in [5, 5.41) is 2.91. The fourth-order valence-electron chi connectivity index (χ4n) is 3.35. The monoisotopic (exact) mass is 374 g/mol. The van der Waals surface area contributed by atoms with Crippen LogP contribution in [0.3, 0.4) is 0 Å². The summed E-state index contributed by atoms with van der Waals surface area (Å²) in [6.07, 6.45) is 3.98. The van der Waals surface area contributed by atoms with Crippen LogP contribution in [0.5, 0.6) is 5.75 Å². The summed E-state index contributed by atoms with van der Waals surface area (Å²) in [5.74, 6) is 1.46. The Hall–Kier alpha value is -3.41. The summed E-state index contributed by atoms with van der Waals surface area (Å²) in [5.41, 5.74) is 2.96. The molecule has 2 aromatic carbocycles. The van der Waals surface area contributed by atoms with E-state index in [2.05, 4.69) is 20.2 Å². The molecule has 142 valence electrons. The highest BCUT2D eigenvalue weighted by molar-refractivity contribution is 6.05. The van der Waals surface area contributed by atoms with Crippen LogP contribution in [0.1, 0.15) is 23.2 Å². The van der Waals surface area contributed by atoms with Crippen molar-refractivity contribution in [2.75, 3.05) is 30.4 Å². The molecule has 1 N–H and O–H groups in total. The van der Waals surface area contributed by atoms with Crippen LogP contribution in [0.15, 0.2) is 60.9 Å². The van der Waals surface area contributed by atoms with E-state index in [0.29, 0.717) is 17.0 Å². The molecule has 3 aromatic rings. The molecule has 1 aliphatic rings. The summed E-state index contributed by atoms with van der Waals surface area (Å²) in [4.78, 5) is 23.8. The van der Waals surface area contributed by atoms with E-state index >= 15 is 0 Å². The summed E-state index contributed by atoms with van der Waals surface area (Å²) in [6.45, 7) is 2.05. The number of nitrogens with zero attached hydrogens (tertiary/aromatic N) is 3. The Balaban J connectivity index is 1.55. The summed E-state index contributed by atoms with van der Waals surface area (Å²) in [7, 11) is 1.60. The Morgan fingerprint density at radius 2 is 1.86 bits per heavy atom. The van der Waals surface area contributed by atoms with Gasteiger partial charge in [-0.1, -0.05) is 18.2 Å². The molecule has 1 aliphatic heterocycles. The maximum atomic E-state index is 12.7. The normalized spacial score (nSPS) is 13.4. The van der Waals surface area contributed by atoms with Crippen molar-refractivity contribution in [1.82, 2.24) is 9.97 Å². The molecule has 1 amide bonds. The van der Waals surface area contributed by atoms with Gasteiger partial charge in [-0.2, -0.15) is 0 Å². The van der Waals surface area contributed by atoms with Gasteiger partial charge in [-0.3, -0.25) is 4.79 Å². The lowest BCUT2D eigenvalue weighted by atomic mass is 10.1. The van der Waals surface area contributed by atoms with Gasteiger partial charge < -0.3 is 15.0 Å². The summed E-state index contributed by atoms with van der Waals surface area (Å²) >= 11 is 0. The third-order valence-corrected chi connectivity index (χ3v) is 4.83. The zero-order valence-corrected chi connectivity index (χ0v) is 15.8. The number of aromatic nitrogens is 2. The lowest BCUT2D eigenvalue weighted by molar-refractivity contribution is 0.102. The van der Waals surface area contributed by atoms with Crippen LogP contribution in [0.25, 0.3) is 11.3 Å². The maximum Gasteiger partial charge on any atom is 0.255 e. The van der Waals surface area contributed by atoms with Crippen LogP contribution in [-0.4, -0.2) is 36.1 Å². The first-order chi connectivity index (χ1) is 13.7. The molecule has 0 saturated carbocycles. The van der Waals surface area contributed by atoms with E-state index in [-0.39, 0.29) is 5.91 Å². The Bertz CT molecular complexity index is 984. The van der Waals surface area contributed by atoms with Gasteiger partial charge >= 0.3 is 0 Å². The Kier molecular flexibility index (Phi) is 5.19. The topological polar surface area (TPSA) is 67.3 Å². The van der Waals surface area contributed by atoms with Gasteiger partial charge in [-0.25, -0.2) is 9.97 Å². The van der Waals surface area contributed by atoms with E-state index in [1.54, 1.807) is 25.6 Å². The van der Waals surface area contributed by atoms with Crippen molar-refractivity contribution in [2.45, 2.75) is 12.8 Å². The van der Waals surface area contributed by atoms with Gasteiger partial charge in [0, 0.05) is 42.0 Å². The number of amides is 1. The van der Waals surface area contributed by atoms with Crippen molar-refractivity contribution in [1.29, 1.82) is 0 Å². The molecule has 6 nitrogen and oxygen atoms in total. The largest absolute Gasteiger partial charge is 0.497 e. The molecule has 0 bridgehead atoms. The van der Waals surface area contributed by atoms with Crippen molar-refractivity contribution < 1.29 is 9.53 Å². The number of rotatable bonds is 5. The molecule has 6 heteroatoms. The predicted molar refractivity (Wildman–Crippen MR) is 110 cm³/mol. The highest BCUT2D eigenvalue weighted by Crippen LogP contribution is 2.24. The van der Waals surface area contributed by atoms with Gasteiger partial charge in [0.1, 0.15) is 17.9 Å². The van der Waals surface area contributed by atoms with Crippen molar-refractivity contribution in [3.8, 4) is 17.0 Å². The molecule has 0 unspecified atom stereocenters. The molecule has 1 fully saturated rings. The molecule has 4 rings (SSSR count). The van der Waals surface area contributed by atoms with Crippen LogP contribution >= 0.6 is 0 Å². The Morgan fingerprint density at radius 3 is 2.68 bits per heavy atom. The van der Waals surface area contributed by atoms with E-state index in [1.165, 1.54) is 12.8 Å². The molecule has 0 aliphatic carbocycles. The van der Waals surface area contributed by atoms with Crippen molar-refractivity contribution in [3.05, 3.63) is 66.5 Å². The van der Waals surface area contributed by atoms with E-state index in [1.807, 2.05) is 42.5 Å². The van der Waals surface area contributed by atoms with Gasteiger partial charge in [0.15, 0.2) is 0 Å². The number of benzene rings is 2. The average molecular weight is 374 g/mol. The molecule has 0 atom stereocenters. The van der Waals surface area contributed by atoms with Crippen LogP contribution < -0.4 is 15.0 Å². The van der Waals surface area contributed by atoms with E-state index in [0.717, 1.165) is 30.2 Å². The SMILES string of the molecule is COc1cccc(NC(=O)c2cccc(-c3cc(N4CCCC4)ncn3)c2)c1. The molecule has 1 saturated heterocycles. The van der Waals surface area contributed by atoms with Crippen LogP contribution in [0.4, 0.5) is 11.5 Å². The second kappa shape index (κ2) is 8.08. The third-order valence-electron chi connectivity index (χ3n) is 4.83. The smallest absolute Gasteiger partial charge is 0.255 e. The van der Waals surface area contributed by atoms with Crippen molar-refractivity contribution in [2.24, 2.45) is 0 Å². The first-order valence-electron chi connectivity index (χ1n) is 9.36. The first kappa shape index (κ1) is 18.0. The highest BCUT2D eigenvalue weighted by atomic mass is 16.5. The van der Waals surface area contributed by atoms with Gasteiger partial charge in [-0.05, 0) is 37.1 Å². The number of hydrogen-bond acceptors (Lipinski definition) is 5. The number of methoxy groups -OCH3 is 1. The number of nitrogens with one attached hydrogen (secondary N) is 1. The molecule has 1 aromatic heterocycles. The van der Waals surface area contributed by atoms with Crippen LogP contribution in [-0.2, 0) is 0 Å². The maximum absolute atomic E-state index is 12.7. The summed E-state index contributed by atoms with van der Waals surface area (Å²) < 4.78 is 5.20. The average Bonchev–Trinajstić information content (AvgIpc) is 3.29. The van der Waals surface area contributed by atoms with Gasteiger partial charge in [-0.15, -0.1) is 0 Å². The quantitative estimate of drug-likeness (QED) is 0.731. The van der Waals surface area contributed by atoms with Crippen LogP contribution in [0.2, 0.25) is 0 Å². The molecular weight excluding hydrogens is 352 g/mol. The molecular formula is C22H22N4O2.